The zero-order valence-electron chi connectivity index (χ0n) is 19.4. The van der Waals surface area contributed by atoms with Crippen LogP contribution in [0.5, 0.6) is 0 Å². The van der Waals surface area contributed by atoms with Gasteiger partial charge in [-0.2, -0.15) is 4.72 Å². The number of hydrogen-bond acceptors (Lipinski definition) is 7. The molecule has 200 valence electrons. The molecular formula is C22H24Cl2FN5O5S2. The van der Waals surface area contributed by atoms with E-state index in [0.29, 0.717) is 36.9 Å². The Labute approximate surface area is 227 Å². The minimum Gasteiger partial charge on any atom is -0.349 e. The Balaban J connectivity index is 1.61. The first kappa shape index (κ1) is 27.7. The number of halogens is 3. The second-order valence-corrected chi connectivity index (χ2v) is 12.2. The minimum absolute atomic E-state index is 0.0580. The van der Waals surface area contributed by atoms with Gasteiger partial charge in [-0.3, -0.25) is 14.4 Å². The molecule has 2 saturated heterocycles. The highest BCUT2D eigenvalue weighted by atomic mass is 35.5. The molecule has 3 heterocycles. The van der Waals surface area contributed by atoms with E-state index in [1.54, 1.807) is 6.07 Å². The lowest BCUT2D eigenvalue weighted by Crippen LogP contribution is -2.57. The van der Waals surface area contributed by atoms with Crippen molar-refractivity contribution in [2.24, 2.45) is 0 Å². The SMILES string of the molecule is O=C(NC[C@H](NS(=O)(=O)c1cc(F)cc(N2CCCC2=O)c1Cl)C(=O)N1CCNCC1)c1ccc(Cl)s1. The highest BCUT2D eigenvalue weighted by molar-refractivity contribution is 7.89. The number of piperazine rings is 1. The van der Waals surface area contributed by atoms with Crippen molar-refractivity contribution in [2.45, 2.75) is 23.8 Å². The van der Waals surface area contributed by atoms with Gasteiger partial charge in [0.2, 0.25) is 21.8 Å². The molecule has 0 radical (unpaired) electrons. The fourth-order valence-corrected chi connectivity index (χ4v) is 6.87. The average molecular weight is 593 g/mol. The molecule has 0 unspecified atom stereocenters. The van der Waals surface area contributed by atoms with Crippen molar-refractivity contribution in [3.63, 3.8) is 0 Å². The molecular weight excluding hydrogens is 568 g/mol. The standard InChI is InChI=1S/C22H24Cl2FN5O5S2/c23-18-4-3-16(36-18)21(32)27-12-14(22(33)29-8-5-26-6-9-29)28-37(34,35)17-11-13(25)10-15(20(17)24)30-7-1-2-19(30)31/h3-4,10-11,14,26,28H,1-2,5-9,12H2,(H,27,32)/t14-/m0/s1. The first-order chi connectivity index (χ1) is 17.6. The molecule has 0 saturated carbocycles. The summed E-state index contributed by atoms with van der Waals surface area (Å²) in [6.45, 7) is 1.63. The van der Waals surface area contributed by atoms with Crippen molar-refractivity contribution in [1.29, 1.82) is 0 Å². The second kappa shape index (κ2) is 11.6. The zero-order chi connectivity index (χ0) is 26.7. The van der Waals surface area contributed by atoms with Gasteiger partial charge in [0, 0.05) is 45.7 Å². The lowest BCUT2D eigenvalue weighted by Gasteiger charge is -2.31. The molecule has 2 aromatic rings. The van der Waals surface area contributed by atoms with Gasteiger partial charge in [-0.25, -0.2) is 12.8 Å². The summed E-state index contributed by atoms with van der Waals surface area (Å²) in [7, 11) is -4.57. The number of benzene rings is 1. The summed E-state index contributed by atoms with van der Waals surface area (Å²) >= 11 is 13.3. The van der Waals surface area contributed by atoms with E-state index in [1.165, 1.54) is 15.9 Å². The topological polar surface area (TPSA) is 128 Å². The van der Waals surface area contributed by atoms with Gasteiger partial charge in [0.25, 0.3) is 5.91 Å². The van der Waals surface area contributed by atoms with Crippen molar-refractivity contribution >= 4 is 68.0 Å². The number of hydrogen-bond donors (Lipinski definition) is 3. The third-order valence-electron chi connectivity index (χ3n) is 5.93. The van der Waals surface area contributed by atoms with Crippen LogP contribution in [-0.2, 0) is 19.6 Å². The third-order valence-corrected chi connectivity index (χ3v) is 9.16. The van der Waals surface area contributed by atoms with E-state index in [2.05, 4.69) is 15.4 Å². The van der Waals surface area contributed by atoms with E-state index in [4.69, 9.17) is 23.2 Å². The van der Waals surface area contributed by atoms with Crippen molar-refractivity contribution < 1.29 is 27.2 Å². The number of nitrogens with zero attached hydrogens (tertiary/aromatic N) is 2. The fourth-order valence-electron chi connectivity index (χ4n) is 4.10. The van der Waals surface area contributed by atoms with Gasteiger partial charge in [0.1, 0.15) is 16.8 Å². The lowest BCUT2D eigenvalue weighted by molar-refractivity contribution is -0.133. The molecule has 2 fully saturated rings. The number of anilines is 1. The molecule has 2 aliphatic rings. The van der Waals surface area contributed by atoms with Crippen LogP contribution >= 0.6 is 34.5 Å². The highest BCUT2D eigenvalue weighted by Crippen LogP contribution is 2.35. The van der Waals surface area contributed by atoms with Crippen molar-refractivity contribution in [3.8, 4) is 0 Å². The van der Waals surface area contributed by atoms with E-state index in [-0.39, 0.29) is 41.0 Å². The molecule has 1 atom stereocenters. The summed E-state index contributed by atoms with van der Waals surface area (Å²) in [5.41, 5.74) is -0.0580. The van der Waals surface area contributed by atoms with E-state index < -0.39 is 38.6 Å². The molecule has 0 spiro atoms. The molecule has 37 heavy (non-hydrogen) atoms. The maximum absolute atomic E-state index is 14.5. The van der Waals surface area contributed by atoms with Crippen LogP contribution in [0.1, 0.15) is 22.5 Å². The number of rotatable bonds is 8. The average Bonchev–Trinajstić information content (AvgIpc) is 3.50. The Morgan fingerprint density at radius 1 is 1.16 bits per heavy atom. The van der Waals surface area contributed by atoms with Crippen LogP contribution in [-0.4, -0.2) is 76.3 Å². The number of sulfonamides is 1. The first-order valence-corrected chi connectivity index (χ1v) is 14.5. The van der Waals surface area contributed by atoms with Gasteiger partial charge in [-0.15, -0.1) is 11.3 Å². The summed E-state index contributed by atoms with van der Waals surface area (Å²) in [5.74, 6) is -2.30. The zero-order valence-corrected chi connectivity index (χ0v) is 22.6. The summed E-state index contributed by atoms with van der Waals surface area (Å²) in [6, 6.07) is 3.38. The molecule has 0 aliphatic carbocycles. The van der Waals surface area contributed by atoms with Crippen molar-refractivity contribution in [3.05, 3.63) is 44.3 Å². The van der Waals surface area contributed by atoms with Gasteiger partial charge in [-0.05, 0) is 30.7 Å². The number of carbonyl (C=O) groups excluding carboxylic acids is 3. The number of amides is 3. The number of carbonyl (C=O) groups is 3. The monoisotopic (exact) mass is 591 g/mol. The van der Waals surface area contributed by atoms with E-state index in [0.717, 1.165) is 23.5 Å². The predicted molar refractivity (Wildman–Crippen MR) is 138 cm³/mol. The molecule has 1 aromatic heterocycles. The molecule has 15 heteroatoms. The van der Waals surface area contributed by atoms with E-state index in [9.17, 15) is 27.2 Å². The second-order valence-electron chi connectivity index (χ2n) is 8.45. The Kier molecular flexibility index (Phi) is 8.71. The Morgan fingerprint density at radius 2 is 1.89 bits per heavy atom. The highest BCUT2D eigenvalue weighted by Gasteiger charge is 2.34. The lowest BCUT2D eigenvalue weighted by atomic mass is 10.2. The van der Waals surface area contributed by atoms with Crippen LogP contribution < -0.4 is 20.3 Å². The smallest absolute Gasteiger partial charge is 0.261 e. The summed E-state index contributed by atoms with van der Waals surface area (Å²) in [5, 5.41) is 5.32. The first-order valence-electron chi connectivity index (χ1n) is 11.4. The Hall–Kier alpha value is -2.29. The summed E-state index contributed by atoms with van der Waals surface area (Å²) in [4.78, 5) is 40.4. The number of thiophene rings is 1. The third kappa shape index (κ3) is 6.41. The van der Waals surface area contributed by atoms with Crippen LogP contribution in [0.2, 0.25) is 9.36 Å². The van der Waals surface area contributed by atoms with Crippen molar-refractivity contribution in [2.75, 3.05) is 44.2 Å². The van der Waals surface area contributed by atoms with Crippen LogP contribution in [0.15, 0.2) is 29.2 Å². The predicted octanol–water partition coefficient (Wildman–Crippen LogP) is 1.83. The van der Waals surface area contributed by atoms with Gasteiger partial charge in [0.15, 0.2) is 0 Å². The Bertz CT molecular complexity index is 1320. The van der Waals surface area contributed by atoms with E-state index >= 15 is 0 Å². The molecule has 0 bridgehead atoms. The largest absolute Gasteiger partial charge is 0.349 e. The normalized spacial score (nSPS) is 17.2. The van der Waals surface area contributed by atoms with Gasteiger partial charge < -0.3 is 20.4 Å². The summed E-state index contributed by atoms with van der Waals surface area (Å²) in [6.07, 6.45) is 0.770. The van der Waals surface area contributed by atoms with Crippen LogP contribution in [0.3, 0.4) is 0 Å². The van der Waals surface area contributed by atoms with Gasteiger partial charge >= 0.3 is 0 Å². The molecule has 1 aromatic carbocycles. The molecule has 2 aliphatic heterocycles. The molecule has 10 nitrogen and oxygen atoms in total. The molecule has 3 amide bonds. The fraction of sp³-hybridized carbons (Fsp3) is 0.409. The Morgan fingerprint density at radius 3 is 2.51 bits per heavy atom. The maximum atomic E-state index is 14.5. The van der Waals surface area contributed by atoms with E-state index in [1.807, 2.05) is 0 Å². The maximum Gasteiger partial charge on any atom is 0.261 e. The molecule has 3 N–H and O–H groups in total. The van der Waals surface area contributed by atoms with Crippen LogP contribution in [0.25, 0.3) is 0 Å². The van der Waals surface area contributed by atoms with Gasteiger partial charge in [-0.1, -0.05) is 23.2 Å². The molecule has 4 rings (SSSR count). The van der Waals surface area contributed by atoms with Crippen LogP contribution in [0, 0.1) is 5.82 Å². The van der Waals surface area contributed by atoms with Crippen LogP contribution in [0.4, 0.5) is 10.1 Å². The van der Waals surface area contributed by atoms with Gasteiger partial charge in [0.05, 0.1) is 19.9 Å². The van der Waals surface area contributed by atoms with Crippen molar-refractivity contribution in [1.82, 2.24) is 20.3 Å². The quantitative estimate of drug-likeness (QED) is 0.430. The number of nitrogens with one attached hydrogen (secondary N) is 3. The summed E-state index contributed by atoms with van der Waals surface area (Å²) < 4.78 is 44.0. The minimum atomic E-state index is -4.57.